The van der Waals surface area contributed by atoms with Gasteiger partial charge < -0.3 is 20.7 Å². The van der Waals surface area contributed by atoms with E-state index in [1.165, 1.54) is 0 Å². The van der Waals surface area contributed by atoms with Crippen molar-refractivity contribution in [3.63, 3.8) is 0 Å². The molecule has 1 aliphatic heterocycles. The number of amides is 1. The molecule has 1 aromatic rings. The van der Waals surface area contributed by atoms with Gasteiger partial charge in [-0.1, -0.05) is 0 Å². The van der Waals surface area contributed by atoms with Crippen molar-refractivity contribution in [2.45, 2.75) is 32.4 Å². The van der Waals surface area contributed by atoms with Gasteiger partial charge in [0.15, 0.2) is 5.96 Å². The van der Waals surface area contributed by atoms with E-state index in [0.29, 0.717) is 19.1 Å². The molecule has 9 heteroatoms. The number of nitrogens with zero attached hydrogens (tertiary/aromatic N) is 4. The van der Waals surface area contributed by atoms with Crippen molar-refractivity contribution in [1.29, 1.82) is 0 Å². The first kappa shape index (κ1) is 17.2. The number of hydrogen-bond acceptors (Lipinski definition) is 5. The molecule has 0 saturated heterocycles. The van der Waals surface area contributed by atoms with Gasteiger partial charge in [-0.25, -0.2) is 9.67 Å². The first-order valence-electron chi connectivity index (χ1n) is 7.75. The summed E-state index contributed by atoms with van der Waals surface area (Å²) in [7, 11) is 3.29. The number of methoxy groups -OCH3 is 1. The molecule has 1 atom stereocenters. The lowest BCUT2D eigenvalue weighted by molar-refractivity contribution is -0.120. The van der Waals surface area contributed by atoms with Crippen molar-refractivity contribution >= 4 is 11.9 Å². The number of ether oxygens (including phenoxy) is 1. The van der Waals surface area contributed by atoms with E-state index in [0.717, 1.165) is 31.0 Å². The molecule has 23 heavy (non-hydrogen) atoms. The van der Waals surface area contributed by atoms with Gasteiger partial charge in [-0.2, -0.15) is 5.10 Å². The number of nitrogens with one attached hydrogen (secondary N) is 3. The van der Waals surface area contributed by atoms with Crippen molar-refractivity contribution in [2.24, 2.45) is 4.99 Å². The average Bonchev–Trinajstić information content (AvgIpc) is 2.91. The van der Waals surface area contributed by atoms with Gasteiger partial charge in [-0.3, -0.25) is 9.79 Å². The molecule has 3 N–H and O–H groups in total. The standard InChI is InChI=1S/C14H25N7O2/c1-10-18-12-5-4-11(9-21(12)20-10)19-14(15-2)17-8-13(22)16-6-7-23-3/h11H,4-9H2,1-3H3,(H,16,22)(H2,15,17,19). The minimum atomic E-state index is -0.0946. The highest BCUT2D eigenvalue weighted by Gasteiger charge is 2.21. The molecule has 0 spiro atoms. The summed E-state index contributed by atoms with van der Waals surface area (Å²) in [6.45, 7) is 3.82. The molecular formula is C14H25N7O2. The van der Waals surface area contributed by atoms with Crippen LogP contribution in [0.15, 0.2) is 4.99 Å². The van der Waals surface area contributed by atoms with Gasteiger partial charge >= 0.3 is 0 Å². The van der Waals surface area contributed by atoms with Crippen molar-refractivity contribution in [1.82, 2.24) is 30.7 Å². The van der Waals surface area contributed by atoms with E-state index in [2.05, 4.69) is 31.0 Å². The first-order chi connectivity index (χ1) is 11.1. The van der Waals surface area contributed by atoms with Crippen LogP contribution in [0.3, 0.4) is 0 Å². The summed E-state index contributed by atoms with van der Waals surface area (Å²) in [6, 6.07) is 0.214. The molecule has 1 aliphatic rings. The van der Waals surface area contributed by atoms with Crippen molar-refractivity contribution in [3.05, 3.63) is 11.6 Å². The van der Waals surface area contributed by atoms with Gasteiger partial charge in [0.25, 0.3) is 0 Å². The van der Waals surface area contributed by atoms with Crippen molar-refractivity contribution < 1.29 is 9.53 Å². The van der Waals surface area contributed by atoms with Crippen LogP contribution in [-0.4, -0.2) is 66.5 Å². The molecule has 0 bridgehead atoms. The number of rotatable bonds is 6. The maximum atomic E-state index is 11.7. The van der Waals surface area contributed by atoms with E-state index in [1.54, 1.807) is 14.2 Å². The van der Waals surface area contributed by atoms with Crippen LogP contribution in [0.4, 0.5) is 0 Å². The van der Waals surface area contributed by atoms with Crippen LogP contribution in [0.5, 0.6) is 0 Å². The fraction of sp³-hybridized carbons (Fsp3) is 0.714. The zero-order chi connectivity index (χ0) is 16.7. The van der Waals surface area contributed by atoms with Crippen LogP contribution >= 0.6 is 0 Å². The number of carbonyl (C=O) groups excluding carboxylic acids is 1. The molecule has 0 aromatic carbocycles. The number of fused-ring (bicyclic) bond motifs is 1. The smallest absolute Gasteiger partial charge is 0.239 e. The van der Waals surface area contributed by atoms with E-state index in [1.807, 2.05) is 11.6 Å². The van der Waals surface area contributed by atoms with Crippen LogP contribution in [0.2, 0.25) is 0 Å². The summed E-state index contributed by atoms with van der Waals surface area (Å²) < 4.78 is 6.82. The Hall–Kier alpha value is -2.16. The Morgan fingerprint density at radius 3 is 3.04 bits per heavy atom. The highest BCUT2D eigenvalue weighted by atomic mass is 16.5. The largest absolute Gasteiger partial charge is 0.383 e. The minimum Gasteiger partial charge on any atom is -0.383 e. The first-order valence-corrected chi connectivity index (χ1v) is 7.75. The number of guanidine groups is 1. The molecule has 128 valence electrons. The molecule has 2 rings (SSSR count). The van der Waals surface area contributed by atoms with Crippen LogP contribution in [-0.2, 0) is 22.5 Å². The fourth-order valence-electron chi connectivity index (χ4n) is 2.46. The molecule has 1 unspecified atom stereocenters. The normalized spacial score (nSPS) is 17.5. The fourth-order valence-corrected chi connectivity index (χ4v) is 2.46. The zero-order valence-corrected chi connectivity index (χ0v) is 13.9. The van der Waals surface area contributed by atoms with Crippen LogP contribution in [0, 0.1) is 6.92 Å². The monoisotopic (exact) mass is 323 g/mol. The Morgan fingerprint density at radius 2 is 2.30 bits per heavy atom. The number of hydrogen-bond donors (Lipinski definition) is 3. The summed E-state index contributed by atoms with van der Waals surface area (Å²) in [4.78, 5) is 20.2. The van der Waals surface area contributed by atoms with E-state index in [4.69, 9.17) is 4.74 Å². The molecule has 0 saturated carbocycles. The molecule has 1 amide bonds. The summed E-state index contributed by atoms with van der Waals surface area (Å²) in [5.41, 5.74) is 0. The minimum absolute atomic E-state index is 0.0946. The SMILES string of the molecule is CN=C(NCC(=O)NCCOC)NC1CCc2nc(C)nn2C1. The van der Waals surface area contributed by atoms with E-state index < -0.39 is 0 Å². The average molecular weight is 323 g/mol. The highest BCUT2D eigenvalue weighted by molar-refractivity contribution is 5.86. The third-order valence-electron chi connectivity index (χ3n) is 3.57. The third kappa shape index (κ3) is 5.20. The van der Waals surface area contributed by atoms with Gasteiger partial charge in [-0.15, -0.1) is 0 Å². The van der Waals surface area contributed by atoms with Crippen molar-refractivity contribution in [3.8, 4) is 0 Å². The van der Waals surface area contributed by atoms with Crippen LogP contribution < -0.4 is 16.0 Å². The predicted molar refractivity (Wildman–Crippen MR) is 86.3 cm³/mol. The molecule has 1 aromatic heterocycles. The Labute approximate surface area is 135 Å². The van der Waals surface area contributed by atoms with Gasteiger partial charge in [0.2, 0.25) is 5.91 Å². The summed E-state index contributed by atoms with van der Waals surface area (Å²) in [5, 5.41) is 13.5. The molecule has 9 nitrogen and oxygen atoms in total. The number of carbonyl (C=O) groups is 1. The van der Waals surface area contributed by atoms with Gasteiger partial charge in [-0.05, 0) is 13.3 Å². The topological polar surface area (TPSA) is 105 Å². The van der Waals surface area contributed by atoms with E-state index in [-0.39, 0.29) is 18.5 Å². The van der Waals surface area contributed by atoms with Gasteiger partial charge in [0.05, 0.1) is 19.7 Å². The molecular weight excluding hydrogens is 298 g/mol. The van der Waals surface area contributed by atoms with Crippen molar-refractivity contribution in [2.75, 3.05) is 33.9 Å². The van der Waals surface area contributed by atoms with Crippen LogP contribution in [0.1, 0.15) is 18.1 Å². The summed E-state index contributed by atoms with van der Waals surface area (Å²) in [5.74, 6) is 2.34. The Morgan fingerprint density at radius 1 is 1.48 bits per heavy atom. The van der Waals surface area contributed by atoms with Gasteiger partial charge in [0.1, 0.15) is 11.6 Å². The lowest BCUT2D eigenvalue weighted by Gasteiger charge is -2.25. The van der Waals surface area contributed by atoms with Crippen LogP contribution in [0.25, 0.3) is 0 Å². The molecule has 0 radical (unpaired) electrons. The highest BCUT2D eigenvalue weighted by Crippen LogP contribution is 2.12. The second-order valence-electron chi connectivity index (χ2n) is 5.41. The Balaban J connectivity index is 1.76. The molecule has 2 heterocycles. The molecule has 0 fully saturated rings. The summed E-state index contributed by atoms with van der Waals surface area (Å²) in [6.07, 6.45) is 1.84. The number of aromatic nitrogens is 3. The summed E-state index contributed by atoms with van der Waals surface area (Å²) >= 11 is 0. The zero-order valence-electron chi connectivity index (χ0n) is 13.9. The number of aryl methyl sites for hydroxylation is 2. The van der Waals surface area contributed by atoms with Gasteiger partial charge in [0, 0.05) is 33.2 Å². The number of aliphatic imine (C=N–C) groups is 1. The maximum Gasteiger partial charge on any atom is 0.239 e. The molecule has 0 aliphatic carbocycles. The maximum absolute atomic E-state index is 11.7. The quantitative estimate of drug-likeness (QED) is 0.346. The lowest BCUT2D eigenvalue weighted by Crippen LogP contribution is -2.49. The third-order valence-corrected chi connectivity index (χ3v) is 3.57. The Kier molecular flexibility index (Phi) is 6.33. The predicted octanol–water partition coefficient (Wildman–Crippen LogP) is -1.17. The van der Waals surface area contributed by atoms with E-state index >= 15 is 0 Å². The Bertz CT molecular complexity index is 555. The van der Waals surface area contributed by atoms with E-state index in [9.17, 15) is 4.79 Å². The second-order valence-corrected chi connectivity index (χ2v) is 5.41. The lowest BCUT2D eigenvalue weighted by atomic mass is 10.1. The second kappa shape index (κ2) is 8.47.